The number of hydrogen-bond acceptors (Lipinski definition) is 2. The Balaban J connectivity index is 1.99. The number of carbonyl (C=O) groups is 2. The Bertz CT molecular complexity index is 600. The molecule has 1 fully saturated rings. The topological polar surface area (TPSA) is 49.4 Å². The summed E-state index contributed by atoms with van der Waals surface area (Å²) < 4.78 is 37.4. The third-order valence-electron chi connectivity index (χ3n) is 3.76. The van der Waals surface area contributed by atoms with Gasteiger partial charge in [0, 0.05) is 0 Å². The summed E-state index contributed by atoms with van der Waals surface area (Å²) in [5.74, 6) is -0.815. The largest absolute Gasteiger partial charge is 0.406 e. The molecular formula is C13H11F3N2O2. The van der Waals surface area contributed by atoms with Crippen molar-refractivity contribution < 1.29 is 22.8 Å². The zero-order valence-electron chi connectivity index (χ0n) is 10.3. The molecule has 1 N–H and O–H groups in total. The lowest BCUT2D eigenvalue weighted by Crippen LogP contribution is -2.43. The van der Waals surface area contributed by atoms with Crippen molar-refractivity contribution in [3.05, 3.63) is 35.4 Å². The summed E-state index contributed by atoms with van der Waals surface area (Å²) in [6.07, 6.45) is -3.75. The molecule has 1 spiro atoms. The van der Waals surface area contributed by atoms with Gasteiger partial charge >= 0.3 is 12.2 Å². The molecule has 2 aliphatic rings. The lowest BCUT2D eigenvalue weighted by atomic mass is 9.92. The number of urea groups is 1. The monoisotopic (exact) mass is 284 g/mol. The normalized spacial score (nSPS) is 25.2. The molecule has 0 radical (unpaired) electrons. The smallest absolute Gasteiger partial charge is 0.319 e. The van der Waals surface area contributed by atoms with Crippen LogP contribution in [0.5, 0.6) is 0 Å². The Morgan fingerprint density at radius 2 is 1.95 bits per heavy atom. The van der Waals surface area contributed by atoms with Gasteiger partial charge in [-0.15, -0.1) is 0 Å². The van der Waals surface area contributed by atoms with Gasteiger partial charge < -0.3 is 5.32 Å². The summed E-state index contributed by atoms with van der Waals surface area (Å²) in [6.45, 7) is -1.55. The highest BCUT2D eigenvalue weighted by Crippen LogP contribution is 2.41. The highest BCUT2D eigenvalue weighted by molar-refractivity contribution is 6.08. The molecule has 1 heterocycles. The molecule has 4 nitrogen and oxygen atoms in total. The van der Waals surface area contributed by atoms with Crippen LogP contribution in [-0.4, -0.2) is 29.6 Å². The fourth-order valence-electron chi connectivity index (χ4n) is 2.91. The van der Waals surface area contributed by atoms with Crippen molar-refractivity contribution in [3.8, 4) is 0 Å². The van der Waals surface area contributed by atoms with Gasteiger partial charge in [0.15, 0.2) is 0 Å². The molecule has 1 atom stereocenters. The first kappa shape index (κ1) is 13.0. The molecule has 1 saturated heterocycles. The van der Waals surface area contributed by atoms with Crippen LogP contribution in [0.4, 0.5) is 18.0 Å². The van der Waals surface area contributed by atoms with E-state index >= 15 is 0 Å². The molecular weight excluding hydrogens is 273 g/mol. The number of carbonyl (C=O) groups excluding carboxylic acids is 2. The van der Waals surface area contributed by atoms with E-state index in [1.807, 2.05) is 6.07 Å². The highest BCUT2D eigenvalue weighted by atomic mass is 19.4. The highest BCUT2D eigenvalue weighted by Gasteiger charge is 2.56. The van der Waals surface area contributed by atoms with E-state index in [0.29, 0.717) is 18.4 Å². The number of amides is 3. The number of rotatable bonds is 1. The van der Waals surface area contributed by atoms with Gasteiger partial charge in [0.1, 0.15) is 12.1 Å². The van der Waals surface area contributed by atoms with Crippen molar-refractivity contribution >= 4 is 11.9 Å². The van der Waals surface area contributed by atoms with Crippen LogP contribution in [0.3, 0.4) is 0 Å². The molecule has 0 saturated carbocycles. The average Bonchev–Trinajstić information content (AvgIpc) is 2.84. The molecule has 1 aliphatic heterocycles. The predicted octanol–water partition coefficient (Wildman–Crippen LogP) is 1.94. The molecule has 3 rings (SSSR count). The van der Waals surface area contributed by atoms with Crippen LogP contribution >= 0.6 is 0 Å². The molecule has 7 heteroatoms. The van der Waals surface area contributed by atoms with Gasteiger partial charge in [0.05, 0.1) is 0 Å². The van der Waals surface area contributed by atoms with Crippen LogP contribution in [0.25, 0.3) is 0 Å². The molecule has 106 valence electrons. The maximum Gasteiger partial charge on any atom is 0.406 e. The molecule has 0 unspecified atom stereocenters. The Morgan fingerprint density at radius 3 is 2.65 bits per heavy atom. The summed E-state index contributed by atoms with van der Waals surface area (Å²) in [5.41, 5.74) is 0.164. The molecule has 1 aromatic rings. The van der Waals surface area contributed by atoms with Crippen LogP contribution in [-0.2, 0) is 16.8 Å². The van der Waals surface area contributed by atoms with Crippen molar-refractivity contribution in [2.24, 2.45) is 0 Å². The summed E-state index contributed by atoms with van der Waals surface area (Å²) in [6, 6.07) is 6.02. The third kappa shape index (κ3) is 1.76. The SMILES string of the molecule is O=C1N[C@@]2(CCc3ccccc32)C(=O)N1CC(F)(F)F. The number of imide groups is 1. The van der Waals surface area contributed by atoms with Gasteiger partial charge in [-0.2, -0.15) is 13.2 Å². The van der Waals surface area contributed by atoms with Crippen molar-refractivity contribution in [2.75, 3.05) is 6.54 Å². The zero-order valence-corrected chi connectivity index (χ0v) is 10.3. The predicted molar refractivity (Wildman–Crippen MR) is 62.7 cm³/mol. The number of fused-ring (bicyclic) bond motifs is 2. The number of aryl methyl sites for hydroxylation is 1. The lowest BCUT2D eigenvalue weighted by molar-refractivity contribution is -0.155. The Hall–Kier alpha value is -2.05. The second-order valence-electron chi connectivity index (χ2n) is 5.00. The van der Waals surface area contributed by atoms with E-state index in [2.05, 4.69) is 5.32 Å². The second-order valence-corrected chi connectivity index (χ2v) is 5.00. The first-order chi connectivity index (χ1) is 9.33. The molecule has 3 amide bonds. The van der Waals surface area contributed by atoms with E-state index in [1.165, 1.54) is 0 Å². The molecule has 0 aromatic heterocycles. The van der Waals surface area contributed by atoms with Crippen molar-refractivity contribution in [2.45, 2.75) is 24.6 Å². The van der Waals surface area contributed by atoms with E-state index < -0.39 is 30.2 Å². The van der Waals surface area contributed by atoms with Crippen LogP contribution in [0, 0.1) is 0 Å². The lowest BCUT2D eigenvalue weighted by Gasteiger charge is -2.22. The first-order valence-electron chi connectivity index (χ1n) is 6.13. The molecule has 1 aliphatic carbocycles. The number of nitrogens with zero attached hydrogens (tertiary/aromatic N) is 1. The third-order valence-corrected chi connectivity index (χ3v) is 3.76. The fourth-order valence-corrected chi connectivity index (χ4v) is 2.91. The van der Waals surface area contributed by atoms with E-state index in [0.717, 1.165) is 5.56 Å². The first-order valence-corrected chi connectivity index (χ1v) is 6.13. The second kappa shape index (κ2) is 3.97. The maximum atomic E-state index is 12.5. The quantitative estimate of drug-likeness (QED) is 0.801. The van der Waals surface area contributed by atoms with E-state index in [-0.39, 0.29) is 4.90 Å². The summed E-state index contributed by atoms with van der Waals surface area (Å²) in [4.78, 5) is 24.3. The van der Waals surface area contributed by atoms with Crippen molar-refractivity contribution in [1.82, 2.24) is 10.2 Å². The number of benzene rings is 1. The minimum absolute atomic E-state index is 0.252. The van der Waals surface area contributed by atoms with E-state index in [9.17, 15) is 22.8 Å². The summed E-state index contributed by atoms with van der Waals surface area (Å²) in [5, 5.41) is 2.45. The minimum Gasteiger partial charge on any atom is -0.319 e. The zero-order chi connectivity index (χ0) is 14.5. The van der Waals surface area contributed by atoms with Gasteiger partial charge in [0.2, 0.25) is 0 Å². The van der Waals surface area contributed by atoms with Crippen LogP contribution < -0.4 is 5.32 Å². The Labute approximate surface area is 112 Å². The van der Waals surface area contributed by atoms with Gasteiger partial charge in [-0.3, -0.25) is 9.69 Å². The number of hydrogen-bond donors (Lipinski definition) is 1. The Morgan fingerprint density at radius 1 is 1.25 bits per heavy atom. The minimum atomic E-state index is -4.60. The number of halogens is 3. The van der Waals surface area contributed by atoms with Gasteiger partial charge in [0.25, 0.3) is 5.91 Å². The Kier molecular flexibility index (Phi) is 2.57. The number of nitrogens with one attached hydrogen (secondary N) is 1. The molecule has 1 aromatic carbocycles. The van der Waals surface area contributed by atoms with Crippen molar-refractivity contribution in [1.29, 1.82) is 0 Å². The van der Waals surface area contributed by atoms with Gasteiger partial charge in [-0.25, -0.2) is 4.79 Å². The summed E-state index contributed by atoms with van der Waals surface area (Å²) >= 11 is 0. The van der Waals surface area contributed by atoms with E-state index in [4.69, 9.17) is 0 Å². The maximum absolute atomic E-state index is 12.5. The van der Waals surface area contributed by atoms with Gasteiger partial charge in [-0.05, 0) is 24.0 Å². The fraction of sp³-hybridized carbons (Fsp3) is 0.385. The van der Waals surface area contributed by atoms with Crippen LogP contribution in [0.2, 0.25) is 0 Å². The standard InChI is InChI=1S/C13H11F3N2O2/c14-13(15,16)7-18-10(19)12(17-11(18)20)6-5-8-3-1-2-4-9(8)12/h1-4H,5-7H2,(H,17,20)/t12-/m1/s1. The average molecular weight is 284 g/mol. The van der Waals surface area contributed by atoms with Crippen molar-refractivity contribution in [3.63, 3.8) is 0 Å². The molecule has 20 heavy (non-hydrogen) atoms. The van der Waals surface area contributed by atoms with Gasteiger partial charge in [-0.1, -0.05) is 24.3 Å². The van der Waals surface area contributed by atoms with Crippen LogP contribution in [0.15, 0.2) is 24.3 Å². The van der Waals surface area contributed by atoms with Crippen LogP contribution in [0.1, 0.15) is 17.5 Å². The molecule has 0 bridgehead atoms. The summed E-state index contributed by atoms with van der Waals surface area (Å²) in [7, 11) is 0. The van der Waals surface area contributed by atoms with E-state index in [1.54, 1.807) is 18.2 Å². The number of alkyl halides is 3.